The second-order valence-corrected chi connectivity index (χ2v) is 10.2. The molecule has 0 aliphatic heterocycles. The first kappa shape index (κ1) is 10.6. The predicted octanol–water partition coefficient (Wildman–Crippen LogP) is 1.46. The average molecular weight is 451 g/mol. The van der Waals surface area contributed by atoms with Gasteiger partial charge in [0.1, 0.15) is 0 Å². The molecule has 0 bridgehead atoms. The molecule has 0 radical (unpaired) electrons. The van der Waals surface area contributed by atoms with Gasteiger partial charge in [0.15, 0.2) is 0 Å². The van der Waals surface area contributed by atoms with Gasteiger partial charge in [0.2, 0.25) is 0 Å². The van der Waals surface area contributed by atoms with Gasteiger partial charge in [-0.05, 0) is 0 Å². The SMILES string of the molecule is Brc1csc([I-]c2cc(Br)cs2)c1. The van der Waals surface area contributed by atoms with E-state index < -0.39 is 0 Å². The molecule has 0 N–H and O–H groups in total. The Morgan fingerprint density at radius 2 is 1.38 bits per heavy atom. The topological polar surface area (TPSA) is 0 Å². The van der Waals surface area contributed by atoms with E-state index in [1.165, 1.54) is 14.7 Å². The maximum absolute atomic E-state index is 3.47. The van der Waals surface area contributed by atoms with E-state index in [1.54, 1.807) is 0 Å². The van der Waals surface area contributed by atoms with Crippen LogP contribution in [0.15, 0.2) is 31.8 Å². The van der Waals surface area contributed by atoms with Gasteiger partial charge >= 0.3 is 113 Å². The van der Waals surface area contributed by atoms with Crippen molar-refractivity contribution < 1.29 is 21.2 Å². The van der Waals surface area contributed by atoms with E-state index in [4.69, 9.17) is 0 Å². The third-order valence-electron chi connectivity index (χ3n) is 1.26. The van der Waals surface area contributed by atoms with Crippen LogP contribution >= 0.6 is 54.5 Å². The van der Waals surface area contributed by atoms with Gasteiger partial charge in [0.25, 0.3) is 0 Å². The molecule has 0 saturated carbocycles. The standard InChI is InChI=1S/C8H4Br2IS2/c9-5-1-7(12-3-5)11-8-2-6(10)4-13-8/h1-4H/q-1. The van der Waals surface area contributed by atoms with Gasteiger partial charge in [0.05, 0.1) is 0 Å². The van der Waals surface area contributed by atoms with Crippen molar-refractivity contribution in [2.24, 2.45) is 0 Å². The van der Waals surface area contributed by atoms with Crippen molar-refractivity contribution in [3.05, 3.63) is 37.6 Å². The van der Waals surface area contributed by atoms with Crippen molar-refractivity contribution in [3.8, 4) is 0 Å². The van der Waals surface area contributed by atoms with E-state index in [0.29, 0.717) is 0 Å². The molecule has 2 rings (SSSR count). The minimum atomic E-state index is 0.0474. The Morgan fingerprint density at radius 1 is 0.923 bits per heavy atom. The first-order valence-electron chi connectivity index (χ1n) is 3.37. The molecule has 0 amide bonds. The van der Waals surface area contributed by atoms with Gasteiger partial charge in [-0.1, -0.05) is 0 Å². The normalized spacial score (nSPS) is 10.9. The van der Waals surface area contributed by atoms with Crippen molar-refractivity contribution in [2.45, 2.75) is 0 Å². The fraction of sp³-hybridized carbons (Fsp3) is 0. The van der Waals surface area contributed by atoms with Crippen LogP contribution in [0, 0.1) is 5.77 Å². The van der Waals surface area contributed by atoms with E-state index >= 15 is 0 Å². The summed E-state index contributed by atoms with van der Waals surface area (Å²) in [7, 11) is 0. The van der Waals surface area contributed by atoms with Gasteiger partial charge in [-0.15, -0.1) is 0 Å². The first-order chi connectivity index (χ1) is 6.24. The van der Waals surface area contributed by atoms with Gasteiger partial charge in [-0.3, -0.25) is 0 Å². The van der Waals surface area contributed by atoms with E-state index in [0.717, 1.165) is 0 Å². The maximum atomic E-state index is 3.47. The van der Waals surface area contributed by atoms with Gasteiger partial charge in [0, 0.05) is 0 Å². The molecular formula is C8H4Br2IS2-. The molecular weight excluding hydrogens is 447 g/mol. The Hall–Kier alpha value is 1.09. The van der Waals surface area contributed by atoms with E-state index in [-0.39, 0.29) is 21.2 Å². The van der Waals surface area contributed by atoms with Crippen molar-refractivity contribution in [2.75, 3.05) is 0 Å². The zero-order valence-electron chi connectivity index (χ0n) is 6.26. The molecule has 70 valence electrons. The molecule has 0 aromatic carbocycles. The fourth-order valence-corrected chi connectivity index (χ4v) is 8.49. The molecule has 2 heterocycles. The zero-order valence-corrected chi connectivity index (χ0v) is 13.2. The molecule has 0 saturated heterocycles. The summed E-state index contributed by atoms with van der Waals surface area (Å²) >= 11 is 10.7. The first-order valence-corrected chi connectivity index (χ1v) is 8.87. The predicted molar refractivity (Wildman–Crippen MR) is 61.4 cm³/mol. The second-order valence-electron chi connectivity index (χ2n) is 2.23. The molecule has 13 heavy (non-hydrogen) atoms. The van der Waals surface area contributed by atoms with Gasteiger partial charge < -0.3 is 0 Å². The molecule has 0 fully saturated rings. The molecule has 0 unspecified atom stereocenters. The van der Waals surface area contributed by atoms with Crippen molar-refractivity contribution >= 4 is 54.5 Å². The van der Waals surface area contributed by atoms with E-state index in [9.17, 15) is 0 Å². The van der Waals surface area contributed by atoms with Crippen molar-refractivity contribution in [3.63, 3.8) is 0 Å². The summed E-state index contributed by atoms with van der Waals surface area (Å²) in [6, 6.07) is 4.46. The van der Waals surface area contributed by atoms with Crippen molar-refractivity contribution in [1.82, 2.24) is 0 Å². The van der Waals surface area contributed by atoms with Crippen LogP contribution in [0.2, 0.25) is 0 Å². The average Bonchev–Trinajstić information content (AvgIpc) is 2.62. The number of rotatable bonds is 2. The molecule has 0 atom stereocenters. The van der Waals surface area contributed by atoms with Crippen LogP contribution in [-0.2, 0) is 0 Å². The minimum absolute atomic E-state index is 0.0474. The van der Waals surface area contributed by atoms with Crippen LogP contribution in [0.1, 0.15) is 0 Å². The van der Waals surface area contributed by atoms with Crippen LogP contribution in [0.5, 0.6) is 0 Å². The monoisotopic (exact) mass is 449 g/mol. The molecule has 0 nitrogen and oxygen atoms in total. The van der Waals surface area contributed by atoms with Crippen LogP contribution in [-0.4, -0.2) is 0 Å². The van der Waals surface area contributed by atoms with E-state index in [2.05, 4.69) is 54.8 Å². The Morgan fingerprint density at radius 3 is 1.69 bits per heavy atom. The number of halogens is 3. The van der Waals surface area contributed by atoms with Crippen LogP contribution < -0.4 is 21.2 Å². The molecule has 0 aliphatic rings. The molecule has 5 heteroatoms. The fourth-order valence-electron chi connectivity index (χ4n) is 0.769. The quantitative estimate of drug-likeness (QED) is 0.608. The summed E-state index contributed by atoms with van der Waals surface area (Å²) in [6.45, 7) is 0. The van der Waals surface area contributed by atoms with Crippen LogP contribution in [0.3, 0.4) is 0 Å². The number of hydrogen-bond acceptors (Lipinski definition) is 2. The third kappa shape index (κ3) is 3.02. The Bertz CT molecular complexity index is 369. The Labute approximate surface area is 112 Å². The van der Waals surface area contributed by atoms with Gasteiger partial charge in [-0.25, -0.2) is 0 Å². The summed E-state index contributed by atoms with van der Waals surface area (Å²) in [5.74, 6) is 0. The molecule has 2 aromatic heterocycles. The zero-order chi connectivity index (χ0) is 9.26. The third-order valence-corrected chi connectivity index (χ3v) is 8.46. The Balaban J connectivity index is 2.14. The molecule has 2 aromatic rings. The van der Waals surface area contributed by atoms with E-state index in [1.807, 2.05) is 22.7 Å². The molecule has 0 spiro atoms. The van der Waals surface area contributed by atoms with Crippen LogP contribution in [0.4, 0.5) is 0 Å². The van der Waals surface area contributed by atoms with Crippen molar-refractivity contribution in [1.29, 1.82) is 0 Å². The number of thiophene rings is 2. The summed E-state index contributed by atoms with van der Waals surface area (Å²) in [6.07, 6.45) is 0. The summed E-state index contributed by atoms with van der Waals surface area (Å²) in [5, 5.41) is 4.30. The number of hydrogen-bond donors (Lipinski definition) is 0. The van der Waals surface area contributed by atoms with Crippen LogP contribution in [0.25, 0.3) is 0 Å². The van der Waals surface area contributed by atoms with Gasteiger partial charge in [-0.2, -0.15) is 0 Å². The summed E-state index contributed by atoms with van der Waals surface area (Å²) in [5.41, 5.74) is 0. The molecule has 0 aliphatic carbocycles. The summed E-state index contributed by atoms with van der Waals surface area (Å²) < 4.78 is 5.45. The second kappa shape index (κ2) is 4.74. The Kier molecular flexibility index (Phi) is 3.87. The summed E-state index contributed by atoms with van der Waals surface area (Å²) in [4.78, 5) is 0.